The molecule has 0 aromatic carbocycles. The van der Waals surface area contributed by atoms with Crippen molar-refractivity contribution < 1.29 is 9.47 Å². The van der Waals surface area contributed by atoms with Crippen LogP contribution in [0.4, 0.5) is 0 Å². The Morgan fingerprint density at radius 1 is 1.41 bits per heavy atom. The highest BCUT2D eigenvalue weighted by molar-refractivity contribution is 5.02. The van der Waals surface area contributed by atoms with Crippen molar-refractivity contribution in [3.05, 3.63) is 32.6 Å². The number of hydrogen-bond acceptors (Lipinski definition) is 4. The summed E-state index contributed by atoms with van der Waals surface area (Å²) in [5, 5.41) is 0. The monoisotopic (exact) mass is 238 g/mol. The average Bonchev–Trinajstić information content (AvgIpc) is 2.83. The molecular weight excluding hydrogens is 224 g/mol. The second-order valence-electron chi connectivity index (χ2n) is 4.64. The lowest BCUT2D eigenvalue weighted by atomic mass is 10.1. The SMILES string of the molecule is Cc1cn([C@H]2C[C@H]3COC[C@H]3O2)c(=O)[nH]c1=O. The van der Waals surface area contributed by atoms with E-state index in [1.165, 1.54) is 4.57 Å². The van der Waals surface area contributed by atoms with Crippen LogP contribution in [0, 0.1) is 12.8 Å². The zero-order valence-corrected chi connectivity index (χ0v) is 9.51. The quantitative estimate of drug-likeness (QED) is 0.734. The summed E-state index contributed by atoms with van der Waals surface area (Å²) in [6.45, 7) is 2.96. The second-order valence-corrected chi connectivity index (χ2v) is 4.64. The summed E-state index contributed by atoms with van der Waals surface area (Å²) in [5.41, 5.74) is -0.235. The molecule has 0 spiro atoms. The topological polar surface area (TPSA) is 73.3 Å². The highest BCUT2D eigenvalue weighted by atomic mass is 16.6. The van der Waals surface area contributed by atoms with Crippen molar-refractivity contribution >= 4 is 0 Å². The lowest BCUT2D eigenvalue weighted by Gasteiger charge is -2.15. The van der Waals surface area contributed by atoms with Gasteiger partial charge in [-0.25, -0.2) is 4.79 Å². The zero-order valence-electron chi connectivity index (χ0n) is 9.51. The predicted molar refractivity (Wildman–Crippen MR) is 58.9 cm³/mol. The molecule has 0 unspecified atom stereocenters. The molecule has 92 valence electrons. The Labute approximate surface area is 97.2 Å². The number of nitrogens with zero attached hydrogens (tertiary/aromatic N) is 1. The molecule has 3 atom stereocenters. The number of fused-ring (bicyclic) bond motifs is 1. The summed E-state index contributed by atoms with van der Waals surface area (Å²) in [5.74, 6) is 0.360. The van der Waals surface area contributed by atoms with Crippen LogP contribution in [0.15, 0.2) is 15.8 Å². The molecule has 6 heteroatoms. The first-order valence-corrected chi connectivity index (χ1v) is 5.70. The van der Waals surface area contributed by atoms with E-state index in [1.54, 1.807) is 13.1 Å². The molecule has 2 aliphatic rings. The molecule has 3 heterocycles. The van der Waals surface area contributed by atoms with E-state index in [1.807, 2.05) is 0 Å². The van der Waals surface area contributed by atoms with Gasteiger partial charge in [0.25, 0.3) is 5.56 Å². The van der Waals surface area contributed by atoms with Crippen LogP contribution < -0.4 is 11.2 Å². The molecule has 3 rings (SSSR count). The fourth-order valence-corrected chi connectivity index (χ4v) is 2.44. The summed E-state index contributed by atoms with van der Waals surface area (Å²) >= 11 is 0. The summed E-state index contributed by atoms with van der Waals surface area (Å²) in [6, 6.07) is 0. The van der Waals surface area contributed by atoms with E-state index in [2.05, 4.69) is 4.98 Å². The van der Waals surface area contributed by atoms with Gasteiger partial charge in [-0.3, -0.25) is 14.3 Å². The average molecular weight is 238 g/mol. The minimum Gasteiger partial charge on any atom is -0.378 e. The van der Waals surface area contributed by atoms with Gasteiger partial charge in [0.05, 0.1) is 19.3 Å². The molecule has 1 aromatic heterocycles. The zero-order chi connectivity index (χ0) is 12.0. The largest absolute Gasteiger partial charge is 0.378 e. The fraction of sp³-hybridized carbons (Fsp3) is 0.636. The van der Waals surface area contributed by atoms with Crippen LogP contribution in [-0.2, 0) is 9.47 Å². The van der Waals surface area contributed by atoms with Crippen LogP contribution in [-0.4, -0.2) is 28.9 Å². The summed E-state index contributed by atoms with van der Waals surface area (Å²) in [4.78, 5) is 25.3. The number of aromatic amines is 1. The summed E-state index contributed by atoms with van der Waals surface area (Å²) in [6.07, 6.45) is 2.13. The number of H-pyrrole nitrogens is 1. The molecule has 0 radical (unpaired) electrons. The van der Waals surface area contributed by atoms with Crippen molar-refractivity contribution in [2.45, 2.75) is 25.7 Å². The van der Waals surface area contributed by atoms with Crippen LogP contribution in [0.3, 0.4) is 0 Å². The highest BCUT2D eigenvalue weighted by Crippen LogP contribution is 2.36. The number of nitrogens with one attached hydrogen (secondary N) is 1. The van der Waals surface area contributed by atoms with E-state index in [4.69, 9.17) is 9.47 Å². The van der Waals surface area contributed by atoms with Gasteiger partial charge in [0.15, 0.2) is 0 Å². The molecule has 0 bridgehead atoms. The lowest BCUT2D eigenvalue weighted by Crippen LogP contribution is -2.33. The van der Waals surface area contributed by atoms with E-state index in [9.17, 15) is 9.59 Å². The molecule has 0 saturated carbocycles. The van der Waals surface area contributed by atoms with Crippen molar-refractivity contribution in [2.24, 2.45) is 5.92 Å². The molecule has 6 nitrogen and oxygen atoms in total. The Hall–Kier alpha value is -1.40. The maximum atomic E-state index is 11.7. The lowest BCUT2D eigenvalue weighted by molar-refractivity contribution is -0.0191. The Morgan fingerprint density at radius 3 is 3.00 bits per heavy atom. The van der Waals surface area contributed by atoms with E-state index >= 15 is 0 Å². The third-order valence-corrected chi connectivity index (χ3v) is 3.43. The van der Waals surface area contributed by atoms with Crippen molar-refractivity contribution in [3.8, 4) is 0 Å². The highest BCUT2D eigenvalue weighted by Gasteiger charge is 2.40. The number of ether oxygens (including phenoxy) is 2. The molecule has 0 amide bonds. The van der Waals surface area contributed by atoms with Gasteiger partial charge >= 0.3 is 5.69 Å². The molecule has 2 saturated heterocycles. The normalized spacial score (nSPS) is 31.7. The third kappa shape index (κ3) is 1.73. The van der Waals surface area contributed by atoms with Gasteiger partial charge < -0.3 is 9.47 Å². The minimum absolute atomic E-state index is 0.0825. The van der Waals surface area contributed by atoms with E-state index < -0.39 is 5.69 Å². The summed E-state index contributed by atoms with van der Waals surface area (Å²) < 4.78 is 12.5. The van der Waals surface area contributed by atoms with Crippen LogP contribution in [0.2, 0.25) is 0 Å². The first-order valence-electron chi connectivity index (χ1n) is 5.70. The van der Waals surface area contributed by atoms with Crippen molar-refractivity contribution in [1.29, 1.82) is 0 Å². The summed E-state index contributed by atoms with van der Waals surface area (Å²) in [7, 11) is 0. The van der Waals surface area contributed by atoms with Crippen LogP contribution >= 0.6 is 0 Å². The van der Waals surface area contributed by atoms with E-state index in [-0.39, 0.29) is 17.9 Å². The maximum Gasteiger partial charge on any atom is 0.330 e. The molecule has 17 heavy (non-hydrogen) atoms. The smallest absolute Gasteiger partial charge is 0.330 e. The van der Waals surface area contributed by atoms with Gasteiger partial charge in [-0.1, -0.05) is 0 Å². The predicted octanol–water partition coefficient (Wildman–Crippen LogP) is -0.221. The molecule has 2 aliphatic heterocycles. The van der Waals surface area contributed by atoms with Crippen LogP contribution in [0.25, 0.3) is 0 Å². The Morgan fingerprint density at radius 2 is 2.24 bits per heavy atom. The van der Waals surface area contributed by atoms with Crippen molar-refractivity contribution in [1.82, 2.24) is 9.55 Å². The van der Waals surface area contributed by atoms with Gasteiger partial charge in [-0.15, -0.1) is 0 Å². The second kappa shape index (κ2) is 3.82. The maximum absolute atomic E-state index is 11.7. The fourth-order valence-electron chi connectivity index (χ4n) is 2.44. The first kappa shape index (κ1) is 10.7. The van der Waals surface area contributed by atoms with Gasteiger partial charge in [-0.05, 0) is 6.92 Å². The van der Waals surface area contributed by atoms with Gasteiger partial charge in [0.1, 0.15) is 6.23 Å². The molecule has 0 aliphatic carbocycles. The number of aromatic nitrogens is 2. The number of hydrogen-bond donors (Lipinski definition) is 1. The number of aryl methyl sites for hydroxylation is 1. The Kier molecular flexibility index (Phi) is 2.41. The third-order valence-electron chi connectivity index (χ3n) is 3.43. The standard InChI is InChI=1S/C11H14N2O4/c1-6-3-13(11(15)12-10(6)14)9-2-7-4-16-5-8(7)17-9/h3,7-9H,2,4-5H2,1H3,(H,12,14,15)/t7-,8+,9+/m0/s1. The van der Waals surface area contributed by atoms with Gasteiger partial charge in [0, 0.05) is 24.1 Å². The Bertz CT molecular complexity index is 535. The van der Waals surface area contributed by atoms with E-state index in [0.29, 0.717) is 24.7 Å². The molecule has 2 fully saturated rings. The van der Waals surface area contributed by atoms with E-state index in [0.717, 1.165) is 6.42 Å². The van der Waals surface area contributed by atoms with Crippen molar-refractivity contribution in [2.75, 3.05) is 13.2 Å². The molecule has 1 aromatic rings. The van der Waals surface area contributed by atoms with Crippen molar-refractivity contribution in [3.63, 3.8) is 0 Å². The van der Waals surface area contributed by atoms with Crippen LogP contribution in [0.1, 0.15) is 18.2 Å². The van der Waals surface area contributed by atoms with Gasteiger partial charge in [-0.2, -0.15) is 0 Å². The van der Waals surface area contributed by atoms with Crippen LogP contribution in [0.5, 0.6) is 0 Å². The number of rotatable bonds is 1. The van der Waals surface area contributed by atoms with Gasteiger partial charge in [0.2, 0.25) is 0 Å². The molecule has 1 N–H and O–H groups in total. The Balaban J connectivity index is 1.93. The first-order chi connectivity index (χ1) is 8.15. The molecular formula is C11H14N2O4. The minimum atomic E-state index is -0.411.